The molecule has 5 nitrogen and oxygen atoms in total. The summed E-state index contributed by atoms with van der Waals surface area (Å²) in [6.45, 7) is 5.23. The number of aromatic nitrogens is 2. The first-order chi connectivity index (χ1) is 13.1. The van der Waals surface area contributed by atoms with Gasteiger partial charge in [0, 0.05) is 49.5 Å². The molecule has 1 N–H and O–H groups in total. The molecule has 1 saturated heterocycles. The van der Waals surface area contributed by atoms with E-state index in [4.69, 9.17) is 11.6 Å². The van der Waals surface area contributed by atoms with Crippen LogP contribution in [-0.4, -0.2) is 47.1 Å². The van der Waals surface area contributed by atoms with E-state index in [0.717, 1.165) is 37.0 Å². The predicted octanol–water partition coefficient (Wildman–Crippen LogP) is 4.34. The van der Waals surface area contributed by atoms with E-state index < -0.39 is 0 Å². The minimum atomic E-state index is 0. The first kappa shape index (κ1) is 21.4. The summed E-state index contributed by atoms with van der Waals surface area (Å²) in [6.07, 6.45) is 9.42. The second kappa shape index (κ2) is 9.03. The van der Waals surface area contributed by atoms with E-state index in [9.17, 15) is 0 Å². The van der Waals surface area contributed by atoms with Crippen LogP contribution >= 0.6 is 35.6 Å². The van der Waals surface area contributed by atoms with Crippen LogP contribution in [0.1, 0.15) is 37.8 Å². The van der Waals surface area contributed by atoms with Crippen molar-refractivity contribution >= 4 is 41.5 Å². The average molecular weight is 514 g/mol. The van der Waals surface area contributed by atoms with Gasteiger partial charge in [0.25, 0.3) is 0 Å². The number of aliphatic imine (C=N–C) groups is 1. The maximum absolute atomic E-state index is 6.21. The van der Waals surface area contributed by atoms with Crippen molar-refractivity contribution in [2.75, 3.05) is 26.7 Å². The van der Waals surface area contributed by atoms with Crippen molar-refractivity contribution in [3.05, 3.63) is 53.6 Å². The van der Waals surface area contributed by atoms with Crippen molar-refractivity contribution in [1.82, 2.24) is 19.8 Å². The minimum absolute atomic E-state index is 0. The second-order valence-corrected chi connectivity index (χ2v) is 8.42. The lowest BCUT2D eigenvalue weighted by atomic mass is 9.93. The molecule has 28 heavy (non-hydrogen) atoms. The van der Waals surface area contributed by atoms with Crippen molar-refractivity contribution in [3.8, 4) is 0 Å². The van der Waals surface area contributed by atoms with Crippen molar-refractivity contribution in [3.63, 3.8) is 0 Å². The average Bonchev–Trinajstić information content (AvgIpc) is 3.27. The number of benzene rings is 1. The molecule has 1 aliphatic heterocycles. The first-order valence-corrected chi connectivity index (χ1v) is 10.2. The first-order valence-electron chi connectivity index (χ1n) is 9.80. The van der Waals surface area contributed by atoms with Gasteiger partial charge in [0.1, 0.15) is 0 Å². The standard InChI is InChI=1S/C21H28ClN5.HI/c1-16-6-10-26(13-19(16)27-11-9-24-15-27)20(23-2)25-14-21(7-8-21)17-4-3-5-18(22)12-17;/h3-5,9,11-12,15-16,19H,6-8,10,13-14H2,1-2H3,(H,23,25);1H. The van der Waals surface area contributed by atoms with Gasteiger partial charge in [0.05, 0.1) is 12.4 Å². The molecular weight excluding hydrogens is 485 g/mol. The largest absolute Gasteiger partial charge is 0.355 e. The molecule has 2 aliphatic rings. The van der Waals surface area contributed by atoms with E-state index in [1.807, 2.05) is 31.7 Å². The van der Waals surface area contributed by atoms with Crippen molar-refractivity contribution < 1.29 is 0 Å². The molecule has 1 aromatic carbocycles. The number of nitrogens with zero attached hydrogens (tertiary/aromatic N) is 4. The van der Waals surface area contributed by atoms with E-state index in [1.165, 1.54) is 18.4 Å². The van der Waals surface area contributed by atoms with E-state index in [-0.39, 0.29) is 29.4 Å². The summed E-state index contributed by atoms with van der Waals surface area (Å²) in [5.74, 6) is 1.63. The van der Waals surface area contributed by atoms with Crippen LogP contribution in [0.5, 0.6) is 0 Å². The second-order valence-electron chi connectivity index (χ2n) is 7.98. The highest BCUT2D eigenvalue weighted by atomic mass is 127. The lowest BCUT2D eigenvalue weighted by Gasteiger charge is -2.39. The lowest BCUT2D eigenvalue weighted by molar-refractivity contribution is 0.189. The number of imidazole rings is 1. The topological polar surface area (TPSA) is 45.5 Å². The Morgan fingerprint density at radius 1 is 1.39 bits per heavy atom. The summed E-state index contributed by atoms with van der Waals surface area (Å²) in [4.78, 5) is 11.2. The Labute approximate surface area is 189 Å². The molecule has 0 spiro atoms. The van der Waals surface area contributed by atoms with Crippen molar-refractivity contribution in [2.24, 2.45) is 10.9 Å². The molecule has 2 atom stereocenters. The zero-order valence-corrected chi connectivity index (χ0v) is 19.6. The smallest absolute Gasteiger partial charge is 0.193 e. The number of halogens is 2. The Kier molecular flexibility index (Phi) is 6.91. The maximum Gasteiger partial charge on any atom is 0.193 e. The Bertz CT molecular complexity index is 803. The summed E-state index contributed by atoms with van der Waals surface area (Å²) in [7, 11) is 1.88. The number of piperidine rings is 1. The monoisotopic (exact) mass is 513 g/mol. The quantitative estimate of drug-likeness (QED) is 0.376. The summed E-state index contributed by atoms with van der Waals surface area (Å²) in [5, 5.41) is 4.46. The number of likely N-dealkylation sites (tertiary alicyclic amines) is 1. The number of nitrogens with one attached hydrogen (secondary N) is 1. The summed E-state index contributed by atoms with van der Waals surface area (Å²) < 4.78 is 2.23. The van der Waals surface area contributed by atoms with Crippen LogP contribution in [0.3, 0.4) is 0 Å². The summed E-state index contributed by atoms with van der Waals surface area (Å²) in [5.41, 5.74) is 1.54. The SMILES string of the molecule is CN=C(NCC1(c2cccc(Cl)c2)CC1)N1CCC(C)C(n2ccnc2)C1.I. The Hall–Kier alpha value is -1.28. The number of guanidine groups is 1. The maximum atomic E-state index is 6.21. The van der Waals surface area contributed by atoms with Crippen LogP contribution < -0.4 is 5.32 Å². The molecule has 152 valence electrons. The normalized spacial score (nSPS) is 23.8. The van der Waals surface area contributed by atoms with Crippen LogP contribution in [0, 0.1) is 5.92 Å². The zero-order chi connectivity index (χ0) is 18.9. The van der Waals surface area contributed by atoms with Crippen LogP contribution in [0.25, 0.3) is 0 Å². The summed E-state index contributed by atoms with van der Waals surface area (Å²) in [6, 6.07) is 8.73. The lowest BCUT2D eigenvalue weighted by Crippen LogP contribution is -2.50. The van der Waals surface area contributed by atoms with Gasteiger partial charge < -0.3 is 14.8 Å². The highest BCUT2D eigenvalue weighted by Crippen LogP contribution is 2.48. The highest BCUT2D eigenvalue weighted by Gasteiger charge is 2.44. The van der Waals surface area contributed by atoms with Gasteiger partial charge in [-0.1, -0.05) is 30.7 Å². The minimum Gasteiger partial charge on any atom is -0.355 e. The molecular formula is C21H29ClIN5. The fourth-order valence-electron chi connectivity index (χ4n) is 4.21. The van der Waals surface area contributed by atoms with Gasteiger partial charge in [-0.25, -0.2) is 4.98 Å². The number of hydrogen-bond acceptors (Lipinski definition) is 2. The molecule has 0 radical (unpaired) electrons. The molecule has 4 rings (SSSR count). The third-order valence-electron chi connectivity index (χ3n) is 6.21. The van der Waals surface area contributed by atoms with E-state index in [1.54, 1.807) is 0 Å². The molecule has 2 unspecified atom stereocenters. The fourth-order valence-corrected chi connectivity index (χ4v) is 4.40. The molecule has 7 heteroatoms. The Morgan fingerprint density at radius 2 is 2.21 bits per heavy atom. The van der Waals surface area contributed by atoms with Crippen LogP contribution in [0.4, 0.5) is 0 Å². The molecule has 1 aliphatic carbocycles. The van der Waals surface area contributed by atoms with Gasteiger partial charge in [-0.3, -0.25) is 4.99 Å². The molecule has 0 amide bonds. The third-order valence-corrected chi connectivity index (χ3v) is 6.45. The molecule has 2 heterocycles. The van der Waals surface area contributed by atoms with Gasteiger partial charge in [-0.2, -0.15) is 0 Å². The van der Waals surface area contributed by atoms with Gasteiger partial charge in [-0.05, 0) is 42.9 Å². The molecule has 1 saturated carbocycles. The molecule has 2 fully saturated rings. The van der Waals surface area contributed by atoms with Gasteiger partial charge in [-0.15, -0.1) is 24.0 Å². The van der Waals surface area contributed by atoms with E-state index in [0.29, 0.717) is 12.0 Å². The highest BCUT2D eigenvalue weighted by molar-refractivity contribution is 14.0. The van der Waals surface area contributed by atoms with Crippen LogP contribution in [-0.2, 0) is 5.41 Å². The van der Waals surface area contributed by atoms with Crippen LogP contribution in [0.2, 0.25) is 5.02 Å². The van der Waals surface area contributed by atoms with E-state index >= 15 is 0 Å². The Morgan fingerprint density at radius 3 is 2.86 bits per heavy atom. The molecule has 2 aromatic rings. The third kappa shape index (κ3) is 4.48. The van der Waals surface area contributed by atoms with Crippen molar-refractivity contribution in [1.29, 1.82) is 0 Å². The van der Waals surface area contributed by atoms with Gasteiger partial charge in [0.15, 0.2) is 5.96 Å². The fraction of sp³-hybridized carbons (Fsp3) is 0.524. The Balaban J connectivity index is 0.00000225. The van der Waals surface area contributed by atoms with Crippen LogP contribution in [0.15, 0.2) is 48.0 Å². The van der Waals surface area contributed by atoms with Gasteiger partial charge in [0.2, 0.25) is 0 Å². The van der Waals surface area contributed by atoms with Crippen molar-refractivity contribution in [2.45, 2.75) is 37.6 Å². The number of hydrogen-bond donors (Lipinski definition) is 1. The molecule has 1 aromatic heterocycles. The predicted molar refractivity (Wildman–Crippen MR) is 126 cm³/mol. The summed E-state index contributed by atoms with van der Waals surface area (Å²) >= 11 is 6.21. The number of rotatable bonds is 4. The van der Waals surface area contributed by atoms with E-state index in [2.05, 4.69) is 50.0 Å². The zero-order valence-electron chi connectivity index (χ0n) is 16.5. The molecule has 0 bridgehead atoms. The van der Waals surface area contributed by atoms with Gasteiger partial charge >= 0.3 is 0 Å².